The molecule has 0 bridgehead atoms. The number of hydrogen-bond donors (Lipinski definition) is 0. The van der Waals surface area contributed by atoms with Crippen LogP contribution in [-0.2, 0) is 19.1 Å². The molecule has 0 aromatic carbocycles. The molecule has 6 heteroatoms. The first-order chi connectivity index (χ1) is 18.8. The summed E-state index contributed by atoms with van der Waals surface area (Å²) in [6, 6.07) is 0. The smallest absolute Gasteiger partial charge is 0.309 e. The van der Waals surface area contributed by atoms with Crippen molar-refractivity contribution in [2.24, 2.45) is 11.8 Å². The number of rotatable bonds is 17. The van der Waals surface area contributed by atoms with Gasteiger partial charge in [0.2, 0.25) is 0 Å². The average molecular weight is 654 g/mol. The van der Waals surface area contributed by atoms with Gasteiger partial charge in [-0.1, -0.05) is 54.4 Å². The van der Waals surface area contributed by atoms with Crippen LogP contribution in [0.2, 0.25) is 0 Å². The van der Waals surface area contributed by atoms with Crippen molar-refractivity contribution in [3.63, 3.8) is 0 Å². The Morgan fingerprint density at radius 2 is 1.38 bits per heavy atom. The summed E-state index contributed by atoms with van der Waals surface area (Å²) < 4.78 is 12.7. The number of unbranched alkanes of at least 4 members (excludes halogenated alkanes) is 1. The van der Waals surface area contributed by atoms with Crippen molar-refractivity contribution >= 4 is 34.5 Å². The van der Waals surface area contributed by atoms with Gasteiger partial charge in [0.1, 0.15) is 13.2 Å². The molecule has 2 atom stereocenters. The Morgan fingerprint density at radius 1 is 0.872 bits per heavy atom. The summed E-state index contributed by atoms with van der Waals surface area (Å²) in [4.78, 5) is 27.5. The Hall–Kier alpha value is -1.41. The minimum Gasteiger partial charge on any atom is -0.464 e. The molecule has 5 nitrogen and oxygen atoms in total. The van der Waals surface area contributed by atoms with Crippen molar-refractivity contribution in [1.29, 1.82) is 0 Å². The van der Waals surface area contributed by atoms with E-state index in [0.717, 1.165) is 83.6 Å². The Labute approximate surface area is 251 Å². The molecule has 0 N–H and O–H groups in total. The molecule has 0 fully saturated rings. The van der Waals surface area contributed by atoms with Gasteiger partial charge in [0.25, 0.3) is 0 Å². The van der Waals surface area contributed by atoms with E-state index in [1.807, 2.05) is 0 Å². The highest BCUT2D eigenvalue weighted by Gasteiger charge is 2.24. The molecule has 0 aromatic rings. The van der Waals surface area contributed by atoms with Crippen LogP contribution in [0.3, 0.4) is 0 Å². The van der Waals surface area contributed by atoms with Crippen LogP contribution in [-0.4, -0.2) is 49.7 Å². The zero-order chi connectivity index (χ0) is 28.5. The fourth-order valence-electron chi connectivity index (χ4n) is 5.17. The summed E-state index contributed by atoms with van der Waals surface area (Å²) in [5.41, 5.74) is 4.30. The predicted molar refractivity (Wildman–Crippen MR) is 170 cm³/mol. The van der Waals surface area contributed by atoms with Crippen LogP contribution < -0.4 is 0 Å². The molecule has 0 radical (unpaired) electrons. The van der Waals surface area contributed by atoms with Gasteiger partial charge in [-0.2, -0.15) is 0 Å². The molecule has 2 unspecified atom stereocenters. The van der Waals surface area contributed by atoms with Gasteiger partial charge in [0.05, 0.1) is 11.8 Å². The first-order valence-electron chi connectivity index (χ1n) is 15.2. The van der Waals surface area contributed by atoms with Crippen molar-refractivity contribution < 1.29 is 19.1 Å². The van der Waals surface area contributed by atoms with Gasteiger partial charge in [0, 0.05) is 13.1 Å². The van der Waals surface area contributed by atoms with E-state index in [1.54, 1.807) is 0 Å². The lowest BCUT2D eigenvalue weighted by Gasteiger charge is -2.24. The Balaban J connectivity index is 1.67. The zero-order valence-electron chi connectivity index (χ0n) is 24.9. The maximum Gasteiger partial charge on any atom is 0.309 e. The molecular formula is C33H52INO4. The molecule has 220 valence electrons. The Bertz CT molecular complexity index is 812. The normalized spacial score (nSPS) is 19.8. The van der Waals surface area contributed by atoms with E-state index in [0.29, 0.717) is 26.3 Å². The molecule has 0 heterocycles. The van der Waals surface area contributed by atoms with E-state index in [4.69, 9.17) is 9.47 Å². The van der Waals surface area contributed by atoms with Gasteiger partial charge in [-0.05, 0) is 124 Å². The highest BCUT2D eigenvalue weighted by Crippen LogP contribution is 2.28. The molecule has 2 aliphatic rings. The quantitative estimate of drug-likeness (QED) is 0.0896. The molecule has 0 saturated carbocycles. The monoisotopic (exact) mass is 653 g/mol. The lowest BCUT2D eigenvalue weighted by atomic mass is 9.88. The zero-order valence-corrected chi connectivity index (χ0v) is 27.1. The number of allylic oxidation sites excluding steroid dienone is 8. The number of carbonyl (C=O) groups excluding carboxylic acids is 2. The Morgan fingerprint density at radius 3 is 1.79 bits per heavy atom. The van der Waals surface area contributed by atoms with Crippen LogP contribution in [0.4, 0.5) is 0 Å². The molecule has 2 aliphatic carbocycles. The second-order valence-electron chi connectivity index (χ2n) is 11.3. The fourth-order valence-corrected chi connectivity index (χ4v) is 5.48. The molecular weight excluding hydrogens is 601 g/mol. The first-order valence-corrected chi connectivity index (χ1v) is 16.2. The van der Waals surface area contributed by atoms with Gasteiger partial charge in [-0.15, -0.1) is 0 Å². The molecule has 0 amide bonds. The van der Waals surface area contributed by atoms with Gasteiger partial charge in [-0.25, -0.2) is 0 Å². The minimum absolute atomic E-state index is 0.0147. The first kappa shape index (κ1) is 33.8. The maximum atomic E-state index is 12.6. The molecule has 0 aromatic heterocycles. The van der Waals surface area contributed by atoms with E-state index < -0.39 is 0 Å². The number of nitrogens with zero attached hydrogens (tertiary/aromatic N) is 1. The largest absolute Gasteiger partial charge is 0.464 e. The van der Waals surface area contributed by atoms with Crippen molar-refractivity contribution in [2.75, 3.05) is 32.8 Å². The second kappa shape index (κ2) is 19.6. The van der Waals surface area contributed by atoms with Crippen LogP contribution >= 0.6 is 22.6 Å². The number of hydrogen-bond acceptors (Lipinski definition) is 5. The molecule has 0 saturated heterocycles. The summed E-state index contributed by atoms with van der Waals surface area (Å²) in [5.74, 6) is -0.167. The highest BCUT2D eigenvalue weighted by molar-refractivity contribution is 14.1. The number of carbonyl (C=O) groups is 2. The summed E-state index contributed by atoms with van der Waals surface area (Å²) in [6.07, 6.45) is 20.9. The highest BCUT2D eigenvalue weighted by atomic mass is 127. The molecule has 2 rings (SSSR count). The van der Waals surface area contributed by atoms with Crippen molar-refractivity contribution in [2.45, 2.75) is 105 Å². The third-order valence-corrected chi connectivity index (χ3v) is 8.16. The van der Waals surface area contributed by atoms with Crippen LogP contribution in [0.15, 0.2) is 44.6 Å². The van der Waals surface area contributed by atoms with Gasteiger partial charge >= 0.3 is 11.9 Å². The van der Waals surface area contributed by atoms with E-state index in [9.17, 15) is 9.59 Å². The van der Waals surface area contributed by atoms with Gasteiger partial charge in [0.15, 0.2) is 0 Å². The van der Waals surface area contributed by atoms with E-state index >= 15 is 0 Å². The molecule has 0 spiro atoms. The summed E-state index contributed by atoms with van der Waals surface area (Å²) in [7, 11) is 0. The third kappa shape index (κ3) is 14.7. The molecule has 0 aliphatic heterocycles. The van der Waals surface area contributed by atoms with Crippen molar-refractivity contribution in [3.05, 3.63) is 44.6 Å². The minimum atomic E-state index is -0.0688. The fraction of sp³-hybridized carbons (Fsp3) is 0.697. The van der Waals surface area contributed by atoms with Crippen LogP contribution in [0.25, 0.3) is 0 Å². The van der Waals surface area contributed by atoms with E-state index in [-0.39, 0.29) is 23.8 Å². The predicted octanol–water partition coefficient (Wildman–Crippen LogP) is 8.49. The Kier molecular flexibility index (Phi) is 17.0. The summed E-state index contributed by atoms with van der Waals surface area (Å²) >= 11 is 2.35. The second-order valence-corrected chi connectivity index (χ2v) is 13.0. The lowest BCUT2D eigenvalue weighted by Crippen LogP contribution is -2.34. The van der Waals surface area contributed by atoms with Gasteiger partial charge in [-0.3, -0.25) is 14.5 Å². The standard InChI is InChI=1S/C33H52INO4/c1-5-6-21-35(22-24-38-32(36)30-17-13-28(14-18-30)11-7-9-26(2)3)23-25-39-33(37)31-19-15-29(16-20-31)12-8-10-27(4)34/h9-10,13,15,30-31H,5-8,11-12,14,16-25H2,1-4H3/b27-10+. The summed E-state index contributed by atoms with van der Waals surface area (Å²) in [6.45, 7) is 11.6. The van der Waals surface area contributed by atoms with Crippen LogP contribution in [0.1, 0.15) is 105 Å². The number of halogens is 1. The lowest BCUT2D eigenvalue weighted by molar-refractivity contribution is -0.149. The van der Waals surface area contributed by atoms with Crippen LogP contribution in [0.5, 0.6) is 0 Å². The topological polar surface area (TPSA) is 55.8 Å². The number of ether oxygens (including phenoxy) is 2. The molecule has 39 heavy (non-hydrogen) atoms. The van der Waals surface area contributed by atoms with Gasteiger partial charge < -0.3 is 9.47 Å². The SMILES string of the molecule is CCCCN(CCOC(=O)C1CC=C(CCC=C(C)C)CC1)CCOC(=O)C1CC=C(CC/C=C(\C)I)CC1. The van der Waals surface area contributed by atoms with Crippen molar-refractivity contribution in [3.8, 4) is 0 Å². The summed E-state index contributed by atoms with van der Waals surface area (Å²) in [5, 5.41) is 0. The maximum absolute atomic E-state index is 12.6. The van der Waals surface area contributed by atoms with E-state index in [1.165, 1.54) is 20.3 Å². The van der Waals surface area contributed by atoms with Crippen LogP contribution in [0, 0.1) is 11.8 Å². The van der Waals surface area contributed by atoms with Crippen molar-refractivity contribution in [1.82, 2.24) is 4.90 Å². The average Bonchev–Trinajstić information content (AvgIpc) is 2.91. The third-order valence-electron chi connectivity index (χ3n) is 7.72. The van der Waals surface area contributed by atoms with E-state index in [2.05, 4.69) is 79.5 Å². The number of esters is 2.